The first kappa shape index (κ1) is 17.9. The maximum atomic E-state index is 9.70. The zero-order chi connectivity index (χ0) is 8.31. The average Bonchev–Trinajstić information content (AvgIpc) is 1.59. The number of carboxylic acid groups (broad SMARTS) is 1. The van der Waals surface area contributed by atoms with E-state index in [1.165, 1.54) is 0 Å². The molecule has 0 unspecified atom stereocenters. The molecule has 0 aliphatic rings. The van der Waals surface area contributed by atoms with Crippen molar-refractivity contribution in [3.63, 3.8) is 0 Å². The molecule has 0 atom stereocenters. The Balaban J connectivity index is -0.000000405. The van der Waals surface area contributed by atoms with Crippen molar-refractivity contribution in [2.75, 3.05) is 0 Å². The minimum atomic E-state index is -2.75. The van der Waals surface area contributed by atoms with E-state index in [2.05, 4.69) is 0 Å². The Morgan fingerprint density at radius 1 is 1.25 bits per heavy atom. The van der Waals surface area contributed by atoms with Crippen molar-refractivity contribution in [1.82, 2.24) is 0 Å². The third kappa shape index (κ3) is 5.54. The summed E-state index contributed by atoms with van der Waals surface area (Å²) in [4.78, 5) is 25.9. The molecule has 64 valence electrons. The van der Waals surface area contributed by atoms with E-state index in [-0.39, 0.29) is 58.8 Å². The third-order valence-electron chi connectivity index (χ3n) is 0.620. The largest absolute Gasteiger partial charge is 1.00 e. The average molecular weight is 204 g/mol. The van der Waals surface area contributed by atoms with Crippen LogP contribution in [0.3, 0.4) is 0 Å². The van der Waals surface area contributed by atoms with Crippen LogP contribution in [0.25, 0.3) is 0 Å². The van der Waals surface area contributed by atoms with Crippen LogP contribution in [0.1, 0.15) is 0 Å². The Kier molecular flexibility index (Phi) is 11.2. The van der Waals surface area contributed by atoms with Crippen LogP contribution in [-0.2, 0) is 4.79 Å². The topological polar surface area (TPSA) is 124 Å². The fourth-order valence-electron chi connectivity index (χ4n) is 0.257. The quantitative estimate of drug-likeness (QED) is 0.166. The number of carboxylic acids is 1. The fourth-order valence-corrected chi connectivity index (χ4v) is 0.257. The van der Waals surface area contributed by atoms with E-state index in [4.69, 9.17) is 5.11 Å². The first-order chi connectivity index (χ1) is 4.46. The molecular formula is C3H5KN2O6. The molecule has 9 heteroatoms. The number of aliphatic carboxylic acids is 1. The van der Waals surface area contributed by atoms with E-state index in [0.29, 0.717) is 0 Å². The van der Waals surface area contributed by atoms with Gasteiger partial charge >= 0.3 is 63.5 Å². The monoisotopic (exact) mass is 204 g/mol. The van der Waals surface area contributed by atoms with Crippen LogP contribution in [0.2, 0.25) is 0 Å². The first-order valence-electron chi connectivity index (χ1n) is 1.96. The molecule has 0 spiro atoms. The van der Waals surface area contributed by atoms with Gasteiger partial charge in [0.1, 0.15) is 9.85 Å². The summed E-state index contributed by atoms with van der Waals surface area (Å²) in [5, 5.41) is 27.0. The predicted octanol–water partition coefficient (Wildman–Crippen LogP) is -3.60. The number of rotatable bonds is 3. The van der Waals surface area contributed by atoms with Crippen LogP contribution in [0.4, 0.5) is 0 Å². The van der Waals surface area contributed by atoms with Crippen LogP contribution in [0, 0.1) is 27.7 Å². The van der Waals surface area contributed by atoms with Gasteiger partial charge < -0.3 is 12.5 Å². The molecule has 0 aliphatic heterocycles. The van der Waals surface area contributed by atoms with Crippen molar-refractivity contribution in [1.29, 1.82) is 0 Å². The van der Waals surface area contributed by atoms with E-state index < -0.39 is 22.0 Å². The summed E-state index contributed by atoms with van der Waals surface area (Å²) < 4.78 is 0. The van der Waals surface area contributed by atoms with Crippen LogP contribution < -0.4 is 51.4 Å². The van der Waals surface area contributed by atoms with Gasteiger partial charge in [0.05, 0.1) is 0 Å². The molecule has 0 bridgehead atoms. The molecule has 0 saturated heterocycles. The molecule has 0 saturated carbocycles. The van der Waals surface area contributed by atoms with Crippen LogP contribution in [0.5, 0.6) is 0 Å². The van der Waals surface area contributed by atoms with E-state index in [1.54, 1.807) is 0 Å². The maximum Gasteiger partial charge on any atom is 1.00 e. The molecule has 0 rings (SSSR count). The van der Waals surface area contributed by atoms with Gasteiger partial charge in [0.2, 0.25) is 0 Å². The van der Waals surface area contributed by atoms with Gasteiger partial charge in [0, 0.05) is 0 Å². The van der Waals surface area contributed by atoms with Crippen molar-refractivity contribution in [3.8, 4) is 0 Å². The smallest absolute Gasteiger partial charge is 0.471 e. The summed E-state index contributed by atoms with van der Waals surface area (Å²) in [6.07, 6.45) is -2.75. The Labute approximate surface area is 110 Å². The molecule has 0 radical (unpaired) electrons. The van der Waals surface area contributed by atoms with Crippen LogP contribution in [0.15, 0.2) is 0 Å². The molecule has 0 heterocycles. The zero-order valence-corrected chi connectivity index (χ0v) is 9.58. The van der Waals surface area contributed by atoms with Crippen LogP contribution >= 0.6 is 0 Å². The first-order valence-corrected chi connectivity index (χ1v) is 1.96. The maximum absolute atomic E-state index is 9.70. The van der Waals surface area contributed by atoms with E-state index >= 15 is 0 Å². The molecule has 0 aromatic rings. The summed E-state index contributed by atoms with van der Waals surface area (Å²) in [6.45, 7) is 0. The summed E-state index contributed by atoms with van der Waals surface area (Å²) in [7, 11) is 0. The number of nitro groups is 2. The Hall–Kier alpha value is -0.0936. The van der Waals surface area contributed by atoms with Crippen molar-refractivity contribution in [2.24, 2.45) is 0 Å². The predicted molar refractivity (Wildman–Crippen MR) is 31.8 cm³/mol. The van der Waals surface area contributed by atoms with Crippen LogP contribution in [-0.4, -0.2) is 27.1 Å². The molecular weight excluding hydrogens is 199 g/mol. The van der Waals surface area contributed by atoms with Gasteiger partial charge in [-0.2, -0.15) is 0 Å². The second-order valence-electron chi connectivity index (χ2n) is 1.28. The molecule has 0 amide bonds. The molecule has 12 heavy (non-hydrogen) atoms. The fraction of sp³-hybridized carbons (Fsp3) is 0.333. The second kappa shape index (κ2) is 7.55. The van der Waals surface area contributed by atoms with Gasteiger partial charge in [-0.25, -0.2) is 4.79 Å². The molecule has 0 fully saturated rings. The van der Waals surface area contributed by atoms with Gasteiger partial charge in [0.15, 0.2) is 0 Å². The Morgan fingerprint density at radius 3 is 1.50 bits per heavy atom. The zero-order valence-electron chi connectivity index (χ0n) is 6.46. The van der Waals surface area contributed by atoms with E-state index in [9.17, 15) is 25.0 Å². The summed E-state index contributed by atoms with van der Waals surface area (Å²) in [5.41, 5.74) is 0. The van der Waals surface area contributed by atoms with Gasteiger partial charge in [-0.1, -0.05) is 0 Å². The molecule has 0 aliphatic carbocycles. The van der Waals surface area contributed by atoms with Crippen molar-refractivity contribution < 1.29 is 71.1 Å². The van der Waals surface area contributed by atoms with Gasteiger partial charge in [-0.3, -0.25) is 20.2 Å². The third-order valence-corrected chi connectivity index (χ3v) is 0.620. The van der Waals surface area contributed by atoms with Gasteiger partial charge in [-0.05, 0) is 0 Å². The van der Waals surface area contributed by atoms with Gasteiger partial charge in [0.25, 0.3) is 0 Å². The molecule has 1 N–H and O–H groups in total. The molecule has 0 aromatic heterocycles. The number of carbonyl (C=O) groups is 1. The summed E-state index contributed by atoms with van der Waals surface area (Å²) >= 11 is 0. The minimum Gasteiger partial charge on any atom is -0.471 e. The van der Waals surface area contributed by atoms with Crippen molar-refractivity contribution >= 4 is 5.97 Å². The van der Waals surface area contributed by atoms with Crippen molar-refractivity contribution in [3.05, 3.63) is 27.7 Å². The number of hydrogen-bond donors (Lipinski definition) is 1. The normalized spacial score (nSPS) is 7.75. The van der Waals surface area contributed by atoms with Gasteiger partial charge in [-0.15, -0.1) is 0 Å². The van der Waals surface area contributed by atoms with E-state index in [0.717, 1.165) is 0 Å². The summed E-state index contributed by atoms with van der Waals surface area (Å²) in [6, 6.07) is 0. The Morgan fingerprint density at radius 2 is 1.50 bits per heavy atom. The number of hydrogen-bond acceptors (Lipinski definition) is 5. The second-order valence-corrected chi connectivity index (χ2v) is 1.28. The summed E-state index contributed by atoms with van der Waals surface area (Å²) in [5.74, 6) is -2.07. The van der Waals surface area contributed by atoms with E-state index in [1.807, 2.05) is 0 Å². The molecule has 8 nitrogen and oxygen atoms in total. The van der Waals surface area contributed by atoms with Crippen molar-refractivity contribution in [2.45, 2.75) is 6.17 Å². The standard InChI is InChI=1S/C2H2N2O6.CH3.K/c5-2(6)1(3(7)8)4(9)10;;/h1H,(H,5,6);1H3;/q;-1;+1. The number of nitrogens with zero attached hydrogens (tertiary/aromatic N) is 2. The minimum absolute atomic E-state index is 0. The molecule has 0 aromatic carbocycles. The Bertz CT molecular complexity index is 160. The SMILES string of the molecule is O=C(O)C([N+](=O)[O-])[N+](=O)[O-].[CH3-].[K+].